The standard InChI is InChI=1S/C10H2F12/c11-7(12,13)3-1-2-4(8(14,15)16)6(10(20,21)22)5(3)9(17,18)19/h1-2H. The molecule has 0 aromatic heterocycles. The van der Waals surface area contributed by atoms with E-state index >= 15 is 0 Å². The molecule has 0 atom stereocenters. The first-order chi connectivity index (χ1) is 9.47. The molecular formula is C10H2F12. The first-order valence-corrected chi connectivity index (χ1v) is 4.93. The van der Waals surface area contributed by atoms with Gasteiger partial charge in [-0.15, -0.1) is 0 Å². The number of alkyl halides is 12. The van der Waals surface area contributed by atoms with E-state index in [0.717, 1.165) is 0 Å². The van der Waals surface area contributed by atoms with Crippen molar-refractivity contribution in [3.05, 3.63) is 34.4 Å². The molecule has 0 spiro atoms. The lowest BCUT2D eigenvalue weighted by molar-refractivity contribution is -0.182. The summed E-state index contributed by atoms with van der Waals surface area (Å²) in [6, 6.07) is -1.36. The fraction of sp³-hybridized carbons (Fsp3) is 0.400. The van der Waals surface area contributed by atoms with Crippen LogP contribution in [0.4, 0.5) is 52.7 Å². The van der Waals surface area contributed by atoms with Crippen LogP contribution >= 0.6 is 0 Å². The Labute approximate surface area is 113 Å². The molecule has 22 heavy (non-hydrogen) atoms. The van der Waals surface area contributed by atoms with Crippen LogP contribution in [0.3, 0.4) is 0 Å². The average Bonchev–Trinajstić information content (AvgIpc) is 2.22. The van der Waals surface area contributed by atoms with Crippen molar-refractivity contribution in [1.29, 1.82) is 0 Å². The summed E-state index contributed by atoms with van der Waals surface area (Å²) in [5.41, 5.74) is -12.5. The van der Waals surface area contributed by atoms with E-state index in [4.69, 9.17) is 0 Å². The Kier molecular flexibility index (Phi) is 4.14. The van der Waals surface area contributed by atoms with E-state index in [1.54, 1.807) is 0 Å². The highest BCUT2D eigenvalue weighted by Crippen LogP contribution is 2.50. The molecule has 1 aromatic carbocycles. The summed E-state index contributed by atoms with van der Waals surface area (Å²) >= 11 is 0. The van der Waals surface area contributed by atoms with E-state index < -0.39 is 59.1 Å². The smallest absolute Gasteiger partial charge is 0.166 e. The summed E-state index contributed by atoms with van der Waals surface area (Å²) in [5, 5.41) is 0. The van der Waals surface area contributed by atoms with Gasteiger partial charge in [-0.2, -0.15) is 52.7 Å². The van der Waals surface area contributed by atoms with Gasteiger partial charge in [-0.25, -0.2) is 0 Å². The van der Waals surface area contributed by atoms with Crippen LogP contribution in [0, 0.1) is 0 Å². The Morgan fingerprint density at radius 3 is 0.773 bits per heavy atom. The molecule has 1 rings (SSSR count). The van der Waals surface area contributed by atoms with Gasteiger partial charge < -0.3 is 0 Å². The van der Waals surface area contributed by atoms with Crippen LogP contribution in [0.2, 0.25) is 0 Å². The number of hydrogen-bond acceptors (Lipinski definition) is 0. The van der Waals surface area contributed by atoms with Crippen LogP contribution in [0.15, 0.2) is 12.1 Å². The number of rotatable bonds is 0. The molecule has 12 heteroatoms. The molecule has 0 saturated carbocycles. The van der Waals surface area contributed by atoms with E-state index in [2.05, 4.69) is 0 Å². The maximum absolute atomic E-state index is 12.6. The summed E-state index contributed by atoms with van der Waals surface area (Å²) in [6.07, 6.45) is -24.4. The van der Waals surface area contributed by atoms with Crippen molar-refractivity contribution in [1.82, 2.24) is 0 Å². The SMILES string of the molecule is FC(F)(F)c1ccc(C(F)(F)F)c(C(F)(F)F)c1C(F)(F)F. The van der Waals surface area contributed by atoms with E-state index in [0.29, 0.717) is 0 Å². The second-order valence-electron chi connectivity index (χ2n) is 3.90. The fourth-order valence-corrected chi connectivity index (χ4v) is 1.66. The van der Waals surface area contributed by atoms with E-state index in [1.165, 1.54) is 0 Å². The van der Waals surface area contributed by atoms with Crippen LogP contribution in [-0.4, -0.2) is 0 Å². The zero-order valence-corrected chi connectivity index (χ0v) is 9.69. The predicted octanol–water partition coefficient (Wildman–Crippen LogP) is 5.76. The summed E-state index contributed by atoms with van der Waals surface area (Å²) in [6.45, 7) is 0. The first kappa shape index (κ1) is 18.4. The molecule has 0 unspecified atom stereocenters. The van der Waals surface area contributed by atoms with Gasteiger partial charge in [0.1, 0.15) is 0 Å². The Morgan fingerprint density at radius 2 is 0.636 bits per heavy atom. The topological polar surface area (TPSA) is 0 Å². The summed E-state index contributed by atoms with van der Waals surface area (Å²) in [5.74, 6) is 0. The quantitative estimate of drug-likeness (QED) is 0.522. The molecule has 1 aromatic rings. The minimum atomic E-state index is -6.29. The first-order valence-electron chi connectivity index (χ1n) is 4.93. The van der Waals surface area contributed by atoms with Crippen LogP contribution in [0.25, 0.3) is 0 Å². The highest BCUT2D eigenvalue weighted by molar-refractivity contribution is 5.47. The third kappa shape index (κ3) is 3.58. The van der Waals surface area contributed by atoms with Gasteiger partial charge in [0, 0.05) is 0 Å². The molecule has 0 heterocycles. The Hall–Kier alpha value is -1.62. The van der Waals surface area contributed by atoms with Gasteiger partial charge in [-0.1, -0.05) is 0 Å². The van der Waals surface area contributed by atoms with Crippen molar-refractivity contribution in [3.63, 3.8) is 0 Å². The molecule has 0 radical (unpaired) electrons. The molecule has 0 aliphatic heterocycles. The fourth-order valence-electron chi connectivity index (χ4n) is 1.66. The monoisotopic (exact) mass is 350 g/mol. The normalized spacial score (nSPS) is 14.4. The lowest BCUT2D eigenvalue weighted by Gasteiger charge is -2.24. The second kappa shape index (κ2) is 4.95. The van der Waals surface area contributed by atoms with Gasteiger partial charge in [-0.3, -0.25) is 0 Å². The van der Waals surface area contributed by atoms with Crippen molar-refractivity contribution in [2.24, 2.45) is 0 Å². The van der Waals surface area contributed by atoms with Crippen molar-refractivity contribution in [2.75, 3.05) is 0 Å². The average molecular weight is 350 g/mol. The Balaban J connectivity index is 4.02. The number of hydrogen-bond donors (Lipinski definition) is 0. The van der Waals surface area contributed by atoms with Crippen molar-refractivity contribution < 1.29 is 52.7 Å². The summed E-state index contributed by atoms with van der Waals surface area (Å²) in [7, 11) is 0. The summed E-state index contributed by atoms with van der Waals surface area (Å²) in [4.78, 5) is 0. The molecular weight excluding hydrogens is 348 g/mol. The zero-order chi connectivity index (χ0) is 17.7. The van der Waals surface area contributed by atoms with Crippen molar-refractivity contribution >= 4 is 0 Å². The van der Waals surface area contributed by atoms with Gasteiger partial charge in [0.05, 0.1) is 22.3 Å². The Morgan fingerprint density at radius 1 is 0.409 bits per heavy atom. The van der Waals surface area contributed by atoms with Crippen molar-refractivity contribution in [3.8, 4) is 0 Å². The van der Waals surface area contributed by atoms with Crippen LogP contribution in [-0.2, 0) is 24.7 Å². The molecule has 0 N–H and O–H groups in total. The third-order valence-corrected chi connectivity index (χ3v) is 2.38. The molecule has 0 aliphatic rings. The molecule has 0 aliphatic carbocycles. The number of halogens is 12. The van der Waals surface area contributed by atoms with Crippen molar-refractivity contribution in [2.45, 2.75) is 24.7 Å². The third-order valence-electron chi connectivity index (χ3n) is 2.38. The molecule has 126 valence electrons. The number of benzene rings is 1. The van der Waals surface area contributed by atoms with Crippen LogP contribution in [0.5, 0.6) is 0 Å². The van der Waals surface area contributed by atoms with Gasteiger partial charge in [-0.05, 0) is 12.1 Å². The minimum Gasteiger partial charge on any atom is -0.166 e. The maximum Gasteiger partial charge on any atom is 0.417 e. The zero-order valence-electron chi connectivity index (χ0n) is 9.69. The van der Waals surface area contributed by atoms with Gasteiger partial charge in [0.25, 0.3) is 0 Å². The molecule has 0 saturated heterocycles. The van der Waals surface area contributed by atoms with Gasteiger partial charge in [0.2, 0.25) is 0 Å². The highest BCUT2D eigenvalue weighted by Gasteiger charge is 2.54. The van der Waals surface area contributed by atoms with Crippen LogP contribution in [0.1, 0.15) is 22.3 Å². The molecule has 0 fully saturated rings. The van der Waals surface area contributed by atoms with Gasteiger partial charge in [0.15, 0.2) is 0 Å². The Bertz CT molecular complexity index is 502. The lowest BCUT2D eigenvalue weighted by Crippen LogP contribution is -2.27. The van der Waals surface area contributed by atoms with E-state index in [-0.39, 0.29) is 0 Å². The highest BCUT2D eigenvalue weighted by atomic mass is 19.4. The second-order valence-corrected chi connectivity index (χ2v) is 3.90. The minimum absolute atomic E-state index is 0.680. The molecule has 0 amide bonds. The van der Waals surface area contributed by atoms with E-state index in [9.17, 15) is 52.7 Å². The predicted molar refractivity (Wildman–Crippen MR) is 46.4 cm³/mol. The summed E-state index contributed by atoms with van der Waals surface area (Å²) < 4.78 is 150. The largest absolute Gasteiger partial charge is 0.417 e. The van der Waals surface area contributed by atoms with Crippen LogP contribution < -0.4 is 0 Å². The van der Waals surface area contributed by atoms with Gasteiger partial charge >= 0.3 is 24.7 Å². The lowest BCUT2D eigenvalue weighted by atomic mass is 9.94. The molecule has 0 nitrogen and oxygen atoms in total. The van der Waals surface area contributed by atoms with E-state index in [1.807, 2.05) is 0 Å². The maximum atomic E-state index is 12.6. The molecule has 0 bridgehead atoms.